The average molecular weight is 353 g/mol. The fraction of sp³-hybridized carbons (Fsp3) is 0.400. The molecule has 0 unspecified atom stereocenters. The summed E-state index contributed by atoms with van der Waals surface area (Å²) in [5.41, 5.74) is 6.28. The molecule has 0 amide bonds. The van der Waals surface area contributed by atoms with Gasteiger partial charge in [-0.05, 0) is 30.2 Å². The van der Waals surface area contributed by atoms with E-state index in [1.165, 1.54) is 0 Å². The van der Waals surface area contributed by atoms with Gasteiger partial charge in [-0.1, -0.05) is 27.5 Å². The minimum Gasteiger partial charge on any atom is -0.324 e. The van der Waals surface area contributed by atoms with Gasteiger partial charge in [0.15, 0.2) is 0 Å². The highest BCUT2D eigenvalue weighted by atomic mass is 79.9. The Kier molecular flexibility index (Phi) is 6.84. The van der Waals surface area contributed by atoms with Crippen molar-refractivity contribution in [1.29, 1.82) is 0 Å². The van der Waals surface area contributed by atoms with E-state index < -0.39 is 18.6 Å². The normalized spacial score (nSPS) is 13.1. The highest BCUT2D eigenvalue weighted by molar-refractivity contribution is 9.10. The molecular formula is C10H11BrCl2F3N. The molecule has 0 fully saturated rings. The van der Waals surface area contributed by atoms with Gasteiger partial charge in [0.1, 0.15) is 0 Å². The van der Waals surface area contributed by atoms with Crippen molar-refractivity contribution >= 4 is 39.9 Å². The first-order valence-electron chi connectivity index (χ1n) is 4.57. The number of hydrogen-bond acceptors (Lipinski definition) is 1. The molecular weight excluding hydrogens is 342 g/mol. The zero-order chi connectivity index (χ0) is 12.3. The summed E-state index contributed by atoms with van der Waals surface area (Å²) in [6.45, 7) is 0. The first-order chi connectivity index (χ1) is 7.29. The van der Waals surface area contributed by atoms with Crippen molar-refractivity contribution in [3.8, 4) is 0 Å². The molecule has 17 heavy (non-hydrogen) atoms. The van der Waals surface area contributed by atoms with Crippen LogP contribution >= 0.6 is 39.9 Å². The summed E-state index contributed by atoms with van der Waals surface area (Å²) in [5.74, 6) is 0. The Morgan fingerprint density at radius 3 is 2.47 bits per heavy atom. The molecule has 7 heteroatoms. The number of nitrogens with two attached hydrogens (primary N) is 1. The summed E-state index contributed by atoms with van der Waals surface area (Å²) < 4.78 is 36.7. The summed E-state index contributed by atoms with van der Waals surface area (Å²) in [5, 5.41) is 0.459. The van der Waals surface area contributed by atoms with Gasteiger partial charge in [-0.2, -0.15) is 13.2 Å². The van der Waals surface area contributed by atoms with Gasteiger partial charge in [0.2, 0.25) is 0 Å². The standard InChI is InChI=1S/C10H10BrClF3N.ClH/c11-8-2-1-6(12)5-7(8)9(16)3-4-10(13,14)15;/h1-2,5,9H,3-4,16H2;1H/t9-;/m0./s1. The van der Waals surface area contributed by atoms with Crippen LogP contribution in [-0.2, 0) is 0 Å². The first kappa shape index (κ1) is 17.0. The molecule has 1 rings (SSSR count). The van der Waals surface area contributed by atoms with Crippen LogP contribution in [0.4, 0.5) is 13.2 Å². The fourth-order valence-corrected chi connectivity index (χ4v) is 1.99. The Morgan fingerprint density at radius 1 is 1.35 bits per heavy atom. The van der Waals surface area contributed by atoms with E-state index in [0.29, 0.717) is 15.1 Å². The Labute approximate surface area is 117 Å². The summed E-state index contributed by atoms with van der Waals surface area (Å²) in [6, 6.07) is 4.22. The molecule has 0 saturated heterocycles. The molecule has 0 heterocycles. The molecule has 1 aromatic rings. The number of hydrogen-bond donors (Lipinski definition) is 1. The van der Waals surface area contributed by atoms with Crippen molar-refractivity contribution in [3.05, 3.63) is 33.3 Å². The molecule has 0 aromatic heterocycles. The number of benzene rings is 1. The molecule has 0 saturated carbocycles. The van der Waals surface area contributed by atoms with Gasteiger partial charge in [-0.3, -0.25) is 0 Å². The second-order valence-corrected chi connectivity index (χ2v) is 4.72. The third-order valence-electron chi connectivity index (χ3n) is 2.10. The quantitative estimate of drug-likeness (QED) is 0.825. The van der Waals surface area contributed by atoms with E-state index in [1.54, 1.807) is 18.2 Å². The van der Waals surface area contributed by atoms with E-state index in [-0.39, 0.29) is 18.8 Å². The van der Waals surface area contributed by atoms with E-state index in [2.05, 4.69) is 15.9 Å². The fourth-order valence-electron chi connectivity index (χ4n) is 1.27. The van der Waals surface area contributed by atoms with Crippen LogP contribution in [-0.4, -0.2) is 6.18 Å². The van der Waals surface area contributed by atoms with E-state index in [9.17, 15) is 13.2 Å². The maximum Gasteiger partial charge on any atom is 0.389 e. The summed E-state index contributed by atoms with van der Waals surface area (Å²) in [4.78, 5) is 0. The SMILES string of the molecule is Cl.N[C@@H](CCC(F)(F)F)c1cc(Cl)ccc1Br. The van der Waals surface area contributed by atoms with E-state index in [4.69, 9.17) is 17.3 Å². The van der Waals surface area contributed by atoms with Crippen LogP contribution in [0.15, 0.2) is 22.7 Å². The van der Waals surface area contributed by atoms with Gasteiger partial charge in [-0.25, -0.2) is 0 Å². The van der Waals surface area contributed by atoms with Crippen molar-refractivity contribution in [3.63, 3.8) is 0 Å². The lowest BCUT2D eigenvalue weighted by Crippen LogP contribution is -2.16. The van der Waals surface area contributed by atoms with Crippen LogP contribution in [0.25, 0.3) is 0 Å². The van der Waals surface area contributed by atoms with Gasteiger partial charge < -0.3 is 5.73 Å². The minimum absolute atomic E-state index is 0. The summed E-state index contributed by atoms with van der Waals surface area (Å²) in [7, 11) is 0. The summed E-state index contributed by atoms with van der Waals surface area (Å²) in [6.07, 6.45) is -5.22. The predicted molar refractivity (Wildman–Crippen MR) is 68.6 cm³/mol. The molecule has 0 radical (unpaired) electrons. The van der Waals surface area contributed by atoms with Gasteiger partial charge in [0, 0.05) is 22.0 Å². The second kappa shape index (κ2) is 6.83. The Morgan fingerprint density at radius 2 is 1.94 bits per heavy atom. The highest BCUT2D eigenvalue weighted by Crippen LogP contribution is 2.31. The minimum atomic E-state index is -4.18. The lowest BCUT2D eigenvalue weighted by molar-refractivity contribution is -0.136. The third-order valence-corrected chi connectivity index (χ3v) is 3.05. The van der Waals surface area contributed by atoms with E-state index in [1.807, 2.05) is 0 Å². The van der Waals surface area contributed by atoms with Crippen molar-refractivity contribution in [1.82, 2.24) is 0 Å². The van der Waals surface area contributed by atoms with Crippen molar-refractivity contribution in [2.75, 3.05) is 0 Å². The van der Waals surface area contributed by atoms with Crippen LogP contribution in [0.2, 0.25) is 5.02 Å². The Balaban J connectivity index is 0.00000256. The van der Waals surface area contributed by atoms with Crippen molar-refractivity contribution in [2.24, 2.45) is 5.73 Å². The molecule has 98 valence electrons. The molecule has 0 aliphatic heterocycles. The smallest absolute Gasteiger partial charge is 0.324 e. The zero-order valence-electron chi connectivity index (χ0n) is 8.60. The Hall–Kier alpha value is 0.0300. The van der Waals surface area contributed by atoms with Crippen LogP contribution in [0.5, 0.6) is 0 Å². The van der Waals surface area contributed by atoms with Crippen LogP contribution < -0.4 is 5.73 Å². The van der Waals surface area contributed by atoms with Gasteiger partial charge in [0.05, 0.1) is 0 Å². The lowest BCUT2D eigenvalue weighted by Gasteiger charge is -2.15. The number of rotatable bonds is 3. The van der Waals surface area contributed by atoms with E-state index in [0.717, 1.165) is 0 Å². The second-order valence-electron chi connectivity index (χ2n) is 3.43. The molecule has 0 aliphatic rings. The first-order valence-corrected chi connectivity index (χ1v) is 5.74. The average Bonchev–Trinajstić information content (AvgIpc) is 2.17. The third kappa shape index (κ3) is 5.95. The molecule has 1 aromatic carbocycles. The molecule has 2 N–H and O–H groups in total. The largest absolute Gasteiger partial charge is 0.389 e. The van der Waals surface area contributed by atoms with Gasteiger partial charge in [-0.15, -0.1) is 12.4 Å². The lowest BCUT2D eigenvalue weighted by atomic mass is 10.0. The number of alkyl halides is 3. The molecule has 0 aliphatic carbocycles. The van der Waals surface area contributed by atoms with Crippen molar-refractivity contribution < 1.29 is 13.2 Å². The van der Waals surface area contributed by atoms with E-state index >= 15 is 0 Å². The maximum absolute atomic E-state index is 12.0. The van der Waals surface area contributed by atoms with Gasteiger partial charge in [0.25, 0.3) is 0 Å². The predicted octanol–water partition coefficient (Wildman–Crippen LogP) is 4.87. The molecule has 0 spiro atoms. The zero-order valence-corrected chi connectivity index (χ0v) is 11.8. The topological polar surface area (TPSA) is 26.0 Å². The van der Waals surface area contributed by atoms with Crippen molar-refractivity contribution in [2.45, 2.75) is 25.1 Å². The molecule has 1 atom stereocenters. The monoisotopic (exact) mass is 351 g/mol. The highest BCUT2D eigenvalue weighted by Gasteiger charge is 2.28. The summed E-state index contributed by atoms with van der Waals surface area (Å²) >= 11 is 8.98. The number of halogens is 6. The van der Waals surface area contributed by atoms with Gasteiger partial charge >= 0.3 is 6.18 Å². The Bertz CT molecular complexity index is 371. The van der Waals surface area contributed by atoms with Crippen LogP contribution in [0.3, 0.4) is 0 Å². The molecule has 0 bridgehead atoms. The van der Waals surface area contributed by atoms with Crippen LogP contribution in [0, 0.1) is 0 Å². The maximum atomic E-state index is 12.0. The van der Waals surface area contributed by atoms with Crippen LogP contribution in [0.1, 0.15) is 24.4 Å². The molecule has 1 nitrogen and oxygen atoms in total.